The van der Waals surface area contributed by atoms with Crippen LogP contribution in [0, 0.1) is 12.3 Å². The van der Waals surface area contributed by atoms with Gasteiger partial charge in [-0.3, -0.25) is 14.7 Å². The summed E-state index contributed by atoms with van der Waals surface area (Å²) in [7, 11) is 3.64. The van der Waals surface area contributed by atoms with E-state index in [0.717, 1.165) is 51.4 Å². The van der Waals surface area contributed by atoms with E-state index < -0.39 is 0 Å². The molecular weight excluding hydrogens is 405 g/mol. The molecule has 1 atom stereocenters. The third kappa shape index (κ3) is 7.88. The Labute approximate surface area is 157 Å². The highest BCUT2D eigenvalue weighted by Gasteiger charge is 2.30. The second-order valence-electron chi connectivity index (χ2n) is 5.60. The Balaban J connectivity index is 0.00000484. The Morgan fingerprint density at radius 3 is 2.78 bits per heavy atom. The number of carbonyl (C=O) groups is 1. The highest BCUT2D eigenvalue weighted by Crippen LogP contribution is 2.18. The number of hydrogen-bond acceptors (Lipinski definition) is 3. The fourth-order valence-corrected chi connectivity index (χ4v) is 2.61. The van der Waals surface area contributed by atoms with Crippen LogP contribution >= 0.6 is 24.0 Å². The molecule has 0 spiro atoms. The summed E-state index contributed by atoms with van der Waals surface area (Å²) in [5, 5.41) is 6.23. The molecule has 1 unspecified atom stereocenters. The van der Waals surface area contributed by atoms with Crippen molar-refractivity contribution in [1.82, 2.24) is 20.4 Å². The van der Waals surface area contributed by atoms with Gasteiger partial charge in [0.25, 0.3) is 0 Å². The summed E-state index contributed by atoms with van der Waals surface area (Å²) in [6.45, 7) is 5.93. The molecule has 0 aliphatic carbocycles. The Bertz CT molecular complexity index is 419. The molecule has 1 aliphatic rings. The number of terminal acetylenes is 1. The predicted octanol–water partition coefficient (Wildman–Crippen LogP) is 0.735. The monoisotopic (exact) mass is 435 g/mol. The lowest BCUT2D eigenvalue weighted by atomic mass is 10.2. The number of rotatable bonds is 7. The molecule has 1 heterocycles. The van der Waals surface area contributed by atoms with Crippen LogP contribution in [0.5, 0.6) is 0 Å². The molecule has 0 radical (unpaired) electrons. The number of hydrogen-bond donors (Lipinski definition) is 2. The highest BCUT2D eigenvalue weighted by atomic mass is 127. The normalized spacial score (nSPS) is 18.0. The number of aliphatic imine (C=N–C) groups is 1. The molecule has 1 amide bonds. The van der Waals surface area contributed by atoms with Gasteiger partial charge < -0.3 is 15.5 Å². The summed E-state index contributed by atoms with van der Waals surface area (Å²) in [6.07, 6.45) is 8.24. The van der Waals surface area contributed by atoms with Crippen LogP contribution in [0.2, 0.25) is 0 Å². The number of likely N-dealkylation sites (N-methyl/N-ethyl adjacent to an activating group) is 1. The molecule has 7 heteroatoms. The van der Waals surface area contributed by atoms with Gasteiger partial charge in [0.2, 0.25) is 5.91 Å². The molecule has 132 valence electrons. The Kier molecular flexibility index (Phi) is 11.9. The molecule has 0 aromatic heterocycles. The number of guanidine groups is 1. The summed E-state index contributed by atoms with van der Waals surface area (Å²) in [5.74, 6) is 3.50. The molecular formula is C16H30IN5O. The Morgan fingerprint density at radius 1 is 1.43 bits per heavy atom. The molecule has 1 saturated heterocycles. The van der Waals surface area contributed by atoms with Crippen LogP contribution in [-0.2, 0) is 4.79 Å². The van der Waals surface area contributed by atoms with Crippen molar-refractivity contribution in [2.45, 2.75) is 32.2 Å². The van der Waals surface area contributed by atoms with Gasteiger partial charge in [-0.15, -0.1) is 30.4 Å². The molecule has 1 aliphatic heterocycles. The third-order valence-corrected chi connectivity index (χ3v) is 3.66. The molecule has 2 N–H and O–H groups in total. The molecule has 1 rings (SSSR count). The van der Waals surface area contributed by atoms with Gasteiger partial charge in [-0.2, -0.15) is 0 Å². The van der Waals surface area contributed by atoms with Crippen molar-refractivity contribution in [1.29, 1.82) is 0 Å². The lowest BCUT2D eigenvalue weighted by molar-refractivity contribution is -0.133. The van der Waals surface area contributed by atoms with Crippen LogP contribution < -0.4 is 10.6 Å². The summed E-state index contributed by atoms with van der Waals surface area (Å²) in [6, 6.07) is 0.0479. The van der Waals surface area contributed by atoms with Crippen molar-refractivity contribution in [2.24, 2.45) is 4.99 Å². The van der Waals surface area contributed by atoms with E-state index in [1.807, 2.05) is 21.0 Å². The average molecular weight is 435 g/mol. The lowest BCUT2D eigenvalue weighted by Crippen LogP contribution is -2.43. The van der Waals surface area contributed by atoms with Crippen molar-refractivity contribution in [2.75, 3.05) is 46.8 Å². The molecule has 0 aromatic rings. The number of nitrogens with zero attached hydrogens (tertiary/aromatic N) is 3. The first-order valence-electron chi connectivity index (χ1n) is 8.01. The third-order valence-electron chi connectivity index (χ3n) is 3.66. The maximum Gasteiger partial charge on any atom is 0.239 e. The van der Waals surface area contributed by atoms with Crippen LogP contribution in [0.1, 0.15) is 26.2 Å². The quantitative estimate of drug-likeness (QED) is 0.204. The van der Waals surface area contributed by atoms with Crippen molar-refractivity contribution in [3.63, 3.8) is 0 Å². The van der Waals surface area contributed by atoms with Gasteiger partial charge in [-0.1, -0.05) is 5.92 Å². The second-order valence-corrected chi connectivity index (χ2v) is 5.60. The smallest absolute Gasteiger partial charge is 0.239 e. The van der Waals surface area contributed by atoms with E-state index in [1.165, 1.54) is 0 Å². The first-order valence-corrected chi connectivity index (χ1v) is 8.01. The second kappa shape index (κ2) is 12.4. The van der Waals surface area contributed by atoms with Crippen molar-refractivity contribution >= 4 is 35.8 Å². The van der Waals surface area contributed by atoms with Gasteiger partial charge in [-0.25, -0.2) is 0 Å². The van der Waals surface area contributed by atoms with Crippen molar-refractivity contribution < 1.29 is 4.79 Å². The number of carbonyl (C=O) groups excluding carboxylic acids is 1. The molecule has 0 bridgehead atoms. The Hall–Kier alpha value is -1.01. The van der Waals surface area contributed by atoms with Crippen molar-refractivity contribution in [3.8, 4) is 12.3 Å². The van der Waals surface area contributed by atoms with E-state index in [4.69, 9.17) is 6.42 Å². The number of likely N-dealkylation sites (tertiary alicyclic amines) is 1. The summed E-state index contributed by atoms with van der Waals surface area (Å²) >= 11 is 0. The van der Waals surface area contributed by atoms with E-state index in [9.17, 15) is 4.79 Å². The lowest BCUT2D eigenvalue weighted by Gasteiger charge is -2.25. The standard InChI is InChI=1S/C16H29N5O.HI/c1-5-10-18-16(17-6-2)19-11-8-13-21-12-7-9-14(21)15(22)20(3)4;/h1,14H,6-13H2,2-4H3,(H2,17,18,19);1H. The fourth-order valence-electron chi connectivity index (χ4n) is 2.61. The van der Waals surface area contributed by atoms with E-state index in [1.54, 1.807) is 4.90 Å². The summed E-state index contributed by atoms with van der Waals surface area (Å²) in [5.41, 5.74) is 0. The van der Waals surface area contributed by atoms with Gasteiger partial charge in [0.15, 0.2) is 5.96 Å². The first-order chi connectivity index (χ1) is 10.6. The molecule has 23 heavy (non-hydrogen) atoms. The van der Waals surface area contributed by atoms with E-state index >= 15 is 0 Å². The SMILES string of the molecule is C#CCNC(=NCCCN1CCCC1C(=O)N(C)C)NCC.I. The van der Waals surface area contributed by atoms with Gasteiger partial charge >= 0.3 is 0 Å². The van der Waals surface area contributed by atoms with E-state index in [2.05, 4.69) is 26.4 Å². The molecule has 0 aromatic carbocycles. The Morgan fingerprint density at radius 2 is 2.17 bits per heavy atom. The van der Waals surface area contributed by atoms with Gasteiger partial charge in [0.1, 0.15) is 0 Å². The number of halogens is 1. The topological polar surface area (TPSA) is 60.0 Å². The highest BCUT2D eigenvalue weighted by molar-refractivity contribution is 14.0. The fraction of sp³-hybridized carbons (Fsp3) is 0.750. The molecule has 1 fully saturated rings. The van der Waals surface area contributed by atoms with Crippen LogP contribution in [-0.4, -0.2) is 74.5 Å². The number of nitrogens with one attached hydrogen (secondary N) is 2. The van der Waals surface area contributed by atoms with Gasteiger partial charge in [0.05, 0.1) is 12.6 Å². The number of amides is 1. The van der Waals surface area contributed by atoms with Crippen LogP contribution in [0.3, 0.4) is 0 Å². The average Bonchev–Trinajstić information content (AvgIpc) is 2.96. The van der Waals surface area contributed by atoms with Crippen molar-refractivity contribution in [3.05, 3.63) is 0 Å². The maximum atomic E-state index is 12.1. The summed E-state index contributed by atoms with van der Waals surface area (Å²) in [4.78, 5) is 20.6. The first kappa shape index (κ1) is 22.0. The zero-order chi connectivity index (χ0) is 16.4. The predicted molar refractivity (Wildman–Crippen MR) is 106 cm³/mol. The maximum absolute atomic E-state index is 12.1. The zero-order valence-electron chi connectivity index (χ0n) is 14.5. The van der Waals surface area contributed by atoms with Gasteiger partial charge in [0, 0.05) is 33.7 Å². The van der Waals surface area contributed by atoms with Crippen LogP contribution in [0.25, 0.3) is 0 Å². The van der Waals surface area contributed by atoms with Crippen LogP contribution in [0.4, 0.5) is 0 Å². The van der Waals surface area contributed by atoms with Crippen LogP contribution in [0.15, 0.2) is 4.99 Å². The minimum atomic E-state index is 0. The molecule has 6 nitrogen and oxygen atoms in total. The summed E-state index contributed by atoms with van der Waals surface area (Å²) < 4.78 is 0. The zero-order valence-corrected chi connectivity index (χ0v) is 16.8. The minimum absolute atomic E-state index is 0. The minimum Gasteiger partial charge on any atom is -0.357 e. The van der Waals surface area contributed by atoms with E-state index in [0.29, 0.717) is 6.54 Å². The van der Waals surface area contributed by atoms with E-state index in [-0.39, 0.29) is 35.9 Å². The van der Waals surface area contributed by atoms with Gasteiger partial charge in [-0.05, 0) is 32.7 Å². The molecule has 0 saturated carbocycles. The largest absolute Gasteiger partial charge is 0.357 e.